The fourth-order valence-corrected chi connectivity index (χ4v) is 1.97. The summed E-state index contributed by atoms with van der Waals surface area (Å²) >= 11 is 6.90. The monoisotopic (exact) mass is 243 g/mol. The summed E-state index contributed by atoms with van der Waals surface area (Å²) in [7, 11) is 0. The number of hydrogen-bond acceptors (Lipinski definition) is 4. The first-order chi connectivity index (χ1) is 7.31. The summed E-state index contributed by atoms with van der Waals surface area (Å²) in [5.74, 6) is 0.920. The Morgan fingerprint density at radius 2 is 2.40 bits per heavy atom. The predicted octanol–water partition coefficient (Wildman–Crippen LogP) is 2.27. The van der Waals surface area contributed by atoms with Crippen LogP contribution in [0.5, 0.6) is 5.75 Å². The molecule has 1 N–H and O–H groups in total. The summed E-state index contributed by atoms with van der Waals surface area (Å²) in [5.41, 5.74) is 0. The van der Waals surface area contributed by atoms with Gasteiger partial charge in [-0.1, -0.05) is 6.07 Å². The zero-order valence-electron chi connectivity index (χ0n) is 7.89. The molecule has 0 radical (unpaired) electrons. The van der Waals surface area contributed by atoms with E-state index in [-0.39, 0.29) is 12.5 Å². The first kappa shape index (κ1) is 10.7. The molecule has 1 atom stereocenters. The minimum absolute atomic E-state index is 0.178. The minimum atomic E-state index is -0.631. The van der Waals surface area contributed by atoms with E-state index >= 15 is 0 Å². The molecule has 0 saturated carbocycles. The largest absolute Gasteiger partial charge is 0.490 e. The molecule has 0 bridgehead atoms. The first-order valence-electron chi connectivity index (χ1n) is 4.51. The lowest BCUT2D eigenvalue weighted by atomic mass is 10.2. The molecule has 0 saturated heterocycles. The van der Waals surface area contributed by atoms with E-state index in [4.69, 9.17) is 16.3 Å². The Morgan fingerprint density at radius 3 is 3.20 bits per heavy atom. The van der Waals surface area contributed by atoms with Crippen molar-refractivity contribution in [3.05, 3.63) is 24.4 Å². The van der Waals surface area contributed by atoms with Crippen molar-refractivity contribution in [2.75, 3.05) is 12.5 Å². The maximum Gasteiger partial charge on any atom is 0.129 e. The maximum atomic E-state index is 9.27. The smallest absolute Gasteiger partial charge is 0.129 e. The average Bonchev–Trinajstić information content (AvgIpc) is 2.74. The van der Waals surface area contributed by atoms with E-state index in [9.17, 15) is 5.11 Å². The van der Waals surface area contributed by atoms with E-state index in [1.165, 1.54) is 11.5 Å². The molecule has 0 aliphatic rings. The SMILES string of the molecule is OC(CCl)COc1cccc2sncc12. The molecule has 0 aliphatic heterocycles. The Hall–Kier alpha value is -0.840. The summed E-state index contributed by atoms with van der Waals surface area (Å²) in [6.07, 6.45) is 1.14. The van der Waals surface area contributed by atoms with Crippen LogP contribution in [-0.4, -0.2) is 28.1 Å². The van der Waals surface area contributed by atoms with E-state index in [0.717, 1.165) is 15.8 Å². The number of rotatable bonds is 4. The number of aliphatic hydroxyl groups is 1. The quantitative estimate of drug-likeness (QED) is 0.838. The lowest BCUT2D eigenvalue weighted by Crippen LogP contribution is -2.18. The topological polar surface area (TPSA) is 42.4 Å². The zero-order valence-corrected chi connectivity index (χ0v) is 9.46. The Morgan fingerprint density at radius 1 is 1.53 bits per heavy atom. The van der Waals surface area contributed by atoms with Gasteiger partial charge in [-0.2, -0.15) is 4.37 Å². The summed E-state index contributed by atoms with van der Waals surface area (Å²) in [6, 6.07) is 5.75. The number of benzene rings is 1. The fraction of sp³-hybridized carbons (Fsp3) is 0.300. The van der Waals surface area contributed by atoms with Crippen LogP contribution in [0.15, 0.2) is 24.4 Å². The van der Waals surface area contributed by atoms with Gasteiger partial charge in [0.05, 0.1) is 22.2 Å². The number of aliphatic hydroxyl groups excluding tert-OH is 1. The van der Waals surface area contributed by atoms with Gasteiger partial charge in [-0.25, -0.2) is 0 Å². The van der Waals surface area contributed by atoms with Crippen LogP contribution >= 0.6 is 23.1 Å². The number of hydrogen-bond donors (Lipinski definition) is 1. The van der Waals surface area contributed by atoms with Crippen molar-refractivity contribution in [1.82, 2.24) is 4.37 Å². The molecule has 1 heterocycles. The van der Waals surface area contributed by atoms with Crippen molar-refractivity contribution in [2.45, 2.75) is 6.10 Å². The lowest BCUT2D eigenvalue weighted by molar-refractivity contribution is 0.126. The van der Waals surface area contributed by atoms with E-state index in [0.29, 0.717) is 0 Å². The van der Waals surface area contributed by atoms with Crippen molar-refractivity contribution >= 4 is 33.2 Å². The van der Waals surface area contributed by atoms with Crippen molar-refractivity contribution < 1.29 is 9.84 Å². The Bertz CT molecular complexity index is 446. The van der Waals surface area contributed by atoms with Crippen molar-refractivity contribution in [2.24, 2.45) is 0 Å². The summed E-state index contributed by atoms with van der Waals surface area (Å²) in [5, 5.41) is 10.2. The fourth-order valence-electron chi connectivity index (χ4n) is 1.22. The molecule has 15 heavy (non-hydrogen) atoms. The van der Waals surface area contributed by atoms with Crippen LogP contribution in [0.3, 0.4) is 0 Å². The molecule has 2 rings (SSSR count). The second kappa shape index (κ2) is 4.79. The molecule has 0 aliphatic carbocycles. The highest BCUT2D eigenvalue weighted by Crippen LogP contribution is 2.27. The first-order valence-corrected chi connectivity index (χ1v) is 5.82. The van der Waals surface area contributed by atoms with Crippen LogP contribution in [0.1, 0.15) is 0 Å². The number of alkyl halides is 1. The van der Waals surface area contributed by atoms with Crippen molar-refractivity contribution in [3.63, 3.8) is 0 Å². The molecule has 0 spiro atoms. The molecular formula is C10H10ClNO2S. The van der Waals surface area contributed by atoms with Crippen LogP contribution in [0.25, 0.3) is 10.1 Å². The second-order valence-corrected chi connectivity index (χ2v) is 4.25. The number of aromatic nitrogens is 1. The molecule has 0 fully saturated rings. The maximum absolute atomic E-state index is 9.27. The number of halogens is 1. The number of fused-ring (bicyclic) bond motifs is 1. The summed E-state index contributed by atoms with van der Waals surface area (Å²) in [4.78, 5) is 0. The molecule has 1 aromatic carbocycles. The molecule has 1 aromatic heterocycles. The highest BCUT2D eigenvalue weighted by molar-refractivity contribution is 7.13. The third kappa shape index (κ3) is 2.40. The molecule has 0 amide bonds. The van der Waals surface area contributed by atoms with Gasteiger partial charge >= 0.3 is 0 Å². The van der Waals surface area contributed by atoms with Gasteiger partial charge in [0.1, 0.15) is 18.5 Å². The lowest BCUT2D eigenvalue weighted by Gasteiger charge is -2.09. The standard InChI is InChI=1S/C10H10ClNO2S/c11-4-7(13)6-14-9-2-1-3-10-8(9)5-12-15-10/h1-3,5,7,13H,4,6H2. The van der Waals surface area contributed by atoms with Gasteiger partial charge in [0.25, 0.3) is 0 Å². The van der Waals surface area contributed by atoms with E-state index < -0.39 is 6.10 Å². The van der Waals surface area contributed by atoms with Gasteiger partial charge < -0.3 is 9.84 Å². The molecule has 2 aromatic rings. The molecular weight excluding hydrogens is 234 g/mol. The van der Waals surface area contributed by atoms with Crippen LogP contribution in [0.2, 0.25) is 0 Å². The second-order valence-electron chi connectivity index (χ2n) is 3.11. The van der Waals surface area contributed by atoms with Crippen LogP contribution in [0.4, 0.5) is 0 Å². The van der Waals surface area contributed by atoms with E-state index in [1.54, 1.807) is 6.20 Å². The number of nitrogens with zero attached hydrogens (tertiary/aromatic N) is 1. The third-order valence-electron chi connectivity index (χ3n) is 1.97. The zero-order chi connectivity index (χ0) is 10.7. The van der Waals surface area contributed by atoms with Gasteiger partial charge in [-0.15, -0.1) is 11.6 Å². The predicted molar refractivity (Wildman–Crippen MR) is 61.8 cm³/mol. The summed E-state index contributed by atoms with van der Waals surface area (Å²) in [6.45, 7) is 0.207. The summed E-state index contributed by atoms with van der Waals surface area (Å²) < 4.78 is 10.6. The third-order valence-corrected chi connectivity index (χ3v) is 3.09. The Balaban J connectivity index is 2.17. The highest BCUT2D eigenvalue weighted by atomic mass is 35.5. The molecule has 5 heteroatoms. The normalized spacial score (nSPS) is 12.9. The van der Waals surface area contributed by atoms with Crippen molar-refractivity contribution in [1.29, 1.82) is 0 Å². The van der Waals surface area contributed by atoms with Gasteiger partial charge in [0.2, 0.25) is 0 Å². The Kier molecular flexibility index (Phi) is 3.41. The molecule has 80 valence electrons. The molecule has 1 unspecified atom stereocenters. The van der Waals surface area contributed by atoms with E-state index in [1.807, 2.05) is 18.2 Å². The average molecular weight is 244 g/mol. The van der Waals surface area contributed by atoms with Gasteiger partial charge in [-0.3, -0.25) is 0 Å². The van der Waals surface area contributed by atoms with Gasteiger partial charge in [-0.05, 0) is 23.7 Å². The van der Waals surface area contributed by atoms with Gasteiger partial charge in [0, 0.05) is 0 Å². The van der Waals surface area contributed by atoms with Gasteiger partial charge in [0.15, 0.2) is 0 Å². The minimum Gasteiger partial charge on any atom is -0.490 e. The van der Waals surface area contributed by atoms with Crippen LogP contribution in [-0.2, 0) is 0 Å². The Labute approximate surface area is 96.4 Å². The highest BCUT2D eigenvalue weighted by Gasteiger charge is 2.06. The number of ether oxygens (including phenoxy) is 1. The van der Waals surface area contributed by atoms with Crippen LogP contribution in [0, 0.1) is 0 Å². The van der Waals surface area contributed by atoms with Crippen LogP contribution < -0.4 is 4.74 Å². The van der Waals surface area contributed by atoms with Crippen molar-refractivity contribution in [3.8, 4) is 5.75 Å². The molecule has 3 nitrogen and oxygen atoms in total. The van der Waals surface area contributed by atoms with E-state index in [2.05, 4.69) is 4.37 Å².